The Morgan fingerprint density at radius 1 is 1.16 bits per heavy atom. The van der Waals surface area contributed by atoms with Crippen LogP contribution >= 0.6 is 12.2 Å². The highest BCUT2D eigenvalue weighted by atomic mass is 32.1. The lowest BCUT2D eigenvalue weighted by Gasteiger charge is -2.17. The predicted molar refractivity (Wildman–Crippen MR) is 107 cm³/mol. The summed E-state index contributed by atoms with van der Waals surface area (Å²) in [5, 5.41) is 2.34. The van der Waals surface area contributed by atoms with Crippen molar-refractivity contribution < 1.29 is 4.74 Å². The standard InChI is InChI=1S/C21H22N2OS/c1-24-20-4-2-3-16(11-20)19(13-22)12-21(25)10-15-5-6-18-14-23-8-7-17(18)9-15/h2-9,11,14,19H,10,12-13,22H2,1H3. The fourth-order valence-corrected chi connectivity index (χ4v) is 3.42. The van der Waals surface area contributed by atoms with Crippen molar-refractivity contribution in [1.82, 2.24) is 4.98 Å². The molecule has 0 saturated carbocycles. The smallest absolute Gasteiger partial charge is 0.119 e. The van der Waals surface area contributed by atoms with Gasteiger partial charge in [-0.25, -0.2) is 0 Å². The zero-order valence-corrected chi connectivity index (χ0v) is 15.1. The van der Waals surface area contributed by atoms with Crippen molar-refractivity contribution in [2.24, 2.45) is 5.73 Å². The molecular weight excluding hydrogens is 328 g/mol. The maximum absolute atomic E-state index is 6.01. The van der Waals surface area contributed by atoms with E-state index in [1.165, 1.54) is 16.5 Å². The maximum Gasteiger partial charge on any atom is 0.119 e. The van der Waals surface area contributed by atoms with Gasteiger partial charge in [0.15, 0.2) is 0 Å². The monoisotopic (exact) mass is 350 g/mol. The van der Waals surface area contributed by atoms with E-state index >= 15 is 0 Å². The van der Waals surface area contributed by atoms with Crippen molar-refractivity contribution in [2.45, 2.75) is 18.8 Å². The Morgan fingerprint density at radius 3 is 2.84 bits per heavy atom. The third-order valence-electron chi connectivity index (χ3n) is 4.43. The van der Waals surface area contributed by atoms with Crippen LogP contribution in [0.5, 0.6) is 5.75 Å². The van der Waals surface area contributed by atoms with Gasteiger partial charge in [-0.1, -0.05) is 42.5 Å². The van der Waals surface area contributed by atoms with E-state index in [1.54, 1.807) is 7.11 Å². The number of nitrogens with two attached hydrogens (primary N) is 1. The second kappa shape index (κ2) is 8.19. The molecule has 128 valence electrons. The summed E-state index contributed by atoms with van der Waals surface area (Å²) in [5.74, 6) is 1.07. The summed E-state index contributed by atoms with van der Waals surface area (Å²) < 4.78 is 5.31. The molecule has 0 spiro atoms. The minimum absolute atomic E-state index is 0.215. The summed E-state index contributed by atoms with van der Waals surface area (Å²) in [4.78, 5) is 5.17. The second-order valence-corrected chi connectivity index (χ2v) is 6.76. The van der Waals surface area contributed by atoms with Crippen LogP contribution in [0.1, 0.15) is 23.5 Å². The summed E-state index contributed by atoms with van der Waals surface area (Å²) in [5.41, 5.74) is 8.41. The molecule has 4 heteroatoms. The van der Waals surface area contributed by atoms with Crippen molar-refractivity contribution in [2.75, 3.05) is 13.7 Å². The van der Waals surface area contributed by atoms with E-state index in [2.05, 4.69) is 29.2 Å². The zero-order chi connectivity index (χ0) is 17.6. The van der Waals surface area contributed by atoms with Crippen LogP contribution in [0, 0.1) is 0 Å². The summed E-state index contributed by atoms with van der Waals surface area (Å²) in [6.07, 6.45) is 5.28. The lowest BCUT2D eigenvalue weighted by atomic mass is 9.92. The molecule has 3 aromatic rings. The number of methoxy groups -OCH3 is 1. The fraction of sp³-hybridized carbons (Fsp3) is 0.238. The summed E-state index contributed by atoms with van der Waals surface area (Å²) in [7, 11) is 1.68. The van der Waals surface area contributed by atoms with Gasteiger partial charge >= 0.3 is 0 Å². The van der Waals surface area contributed by atoms with Crippen molar-refractivity contribution in [3.63, 3.8) is 0 Å². The molecule has 1 aromatic heterocycles. The van der Waals surface area contributed by atoms with Gasteiger partial charge in [0.2, 0.25) is 0 Å². The SMILES string of the molecule is COc1cccc(C(CN)CC(=S)Cc2ccc3cnccc3c2)c1. The van der Waals surface area contributed by atoms with Crippen molar-refractivity contribution in [3.05, 3.63) is 72.1 Å². The summed E-state index contributed by atoms with van der Waals surface area (Å²) in [6, 6.07) is 16.5. The number of aromatic nitrogens is 1. The highest BCUT2D eigenvalue weighted by molar-refractivity contribution is 7.80. The van der Waals surface area contributed by atoms with Gasteiger partial charge in [0.25, 0.3) is 0 Å². The van der Waals surface area contributed by atoms with Crippen LogP contribution in [0.3, 0.4) is 0 Å². The fourth-order valence-electron chi connectivity index (χ4n) is 3.05. The Labute approximate surface area is 153 Å². The molecule has 0 aliphatic rings. The molecule has 0 bridgehead atoms. The summed E-state index contributed by atoms with van der Waals surface area (Å²) in [6.45, 7) is 0.566. The predicted octanol–water partition coefficient (Wildman–Crippen LogP) is 4.29. The van der Waals surface area contributed by atoms with Crippen LogP contribution in [0.15, 0.2) is 60.9 Å². The molecule has 25 heavy (non-hydrogen) atoms. The van der Waals surface area contributed by atoms with Crippen LogP contribution < -0.4 is 10.5 Å². The van der Waals surface area contributed by atoms with Gasteiger partial charge < -0.3 is 10.5 Å². The molecule has 0 aliphatic heterocycles. The Bertz CT molecular complexity index is 878. The molecule has 2 aromatic carbocycles. The quantitative estimate of drug-likeness (QED) is 0.646. The van der Waals surface area contributed by atoms with E-state index in [0.29, 0.717) is 6.54 Å². The molecule has 0 radical (unpaired) electrons. The van der Waals surface area contributed by atoms with Gasteiger partial charge in [-0.2, -0.15) is 0 Å². The topological polar surface area (TPSA) is 48.1 Å². The van der Waals surface area contributed by atoms with Crippen LogP contribution in [0.2, 0.25) is 0 Å². The summed E-state index contributed by atoms with van der Waals surface area (Å²) >= 11 is 5.66. The Morgan fingerprint density at radius 2 is 2.04 bits per heavy atom. The molecule has 1 heterocycles. The molecule has 0 saturated heterocycles. The number of fused-ring (bicyclic) bond motifs is 1. The maximum atomic E-state index is 6.01. The third-order valence-corrected chi connectivity index (χ3v) is 4.74. The number of hydrogen-bond acceptors (Lipinski definition) is 4. The average Bonchev–Trinajstić information content (AvgIpc) is 2.66. The molecule has 2 N–H and O–H groups in total. The van der Waals surface area contributed by atoms with Crippen LogP contribution in [0.25, 0.3) is 10.8 Å². The van der Waals surface area contributed by atoms with E-state index in [-0.39, 0.29) is 5.92 Å². The molecule has 0 fully saturated rings. The Hall–Kier alpha value is -2.30. The van der Waals surface area contributed by atoms with E-state index < -0.39 is 0 Å². The Kier molecular flexibility index (Phi) is 5.74. The Balaban J connectivity index is 1.70. The lowest BCUT2D eigenvalue weighted by Crippen LogP contribution is -2.17. The van der Waals surface area contributed by atoms with E-state index in [9.17, 15) is 0 Å². The highest BCUT2D eigenvalue weighted by Gasteiger charge is 2.13. The minimum Gasteiger partial charge on any atom is -0.497 e. The van der Waals surface area contributed by atoms with Crippen LogP contribution in [-0.4, -0.2) is 23.5 Å². The molecule has 3 nitrogen and oxygen atoms in total. The molecule has 3 rings (SSSR count). The van der Waals surface area contributed by atoms with E-state index in [1.807, 2.05) is 36.7 Å². The first kappa shape index (κ1) is 17.5. The van der Waals surface area contributed by atoms with Crippen LogP contribution in [0.4, 0.5) is 0 Å². The highest BCUT2D eigenvalue weighted by Crippen LogP contribution is 2.24. The molecule has 1 atom stereocenters. The van der Waals surface area contributed by atoms with Gasteiger partial charge in [0.1, 0.15) is 5.75 Å². The molecule has 0 amide bonds. The zero-order valence-electron chi connectivity index (χ0n) is 14.3. The third kappa shape index (κ3) is 4.41. The van der Waals surface area contributed by atoms with Gasteiger partial charge in [-0.15, -0.1) is 0 Å². The second-order valence-electron chi connectivity index (χ2n) is 6.19. The number of benzene rings is 2. The number of pyridine rings is 1. The number of thiocarbonyl (C=S) groups is 1. The van der Waals surface area contributed by atoms with Gasteiger partial charge in [0.05, 0.1) is 7.11 Å². The lowest BCUT2D eigenvalue weighted by molar-refractivity contribution is 0.414. The van der Waals surface area contributed by atoms with Gasteiger partial charge in [-0.05, 0) is 52.5 Å². The normalized spacial score (nSPS) is 12.1. The first-order valence-corrected chi connectivity index (χ1v) is 8.79. The van der Waals surface area contributed by atoms with E-state index in [0.717, 1.165) is 28.8 Å². The number of ether oxygens (including phenoxy) is 1. The number of nitrogens with zero attached hydrogens (tertiary/aromatic N) is 1. The number of rotatable bonds is 7. The van der Waals surface area contributed by atoms with Crippen molar-refractivity contribution in [3.8, 4) is 5.75 Å². The van der Waals surface area contributed by atoms with Crippen LogP contribution in [-0.2, 0) is 6.42 Å². The average molecular weight is 350 g/mol. The minimum atomic E-state index is 0.215. The van der Waals surface area contributed by atoms with Crippen molar-refractivity contribution >= 4 is 27.9 Å². The van der Waals surface area contributed by atoms with E-state index in [4.69, 9.17) is 22.7 Å². The van der Waals surface area contributed by atoms with Gasteiger partial charge in [0, 0.05) is 30.1 Å². The van der Waals surface area contributed by atoms with Gasteiger partial charge in [-0.3, -0.25) is 4.98 Å². The first-order valence-electron chi connectivity index (χ1n) is 8.38. The molecular formula is C21H22N2OS. The number of hydrogen-bond donors (Lipinski definition) is 1. The molecule has 0 aliphatic carbocycles. The first-order chi connectivity index (χ1) is 12.2. The largest absolute Gasteiger partial charge is 0.497 e. The van der Waals surface area contributed by atoms with Crippen molar-refractivity contribution in [1.29, 1.82) is 0 Å². The molecule has 1 unspecified atom stereocenters.